The van der Waals surface area contributed by atoms with Crippen LogP contribution in [0.5, 0.6) is 0 Å². The number of aryl methyl sites for hydroxylation is 1. The summed E-state index contributed by atoms with van der Waals surface area (Å²) in [6.45, 7) is 7.85. The predicted molar refractivity (Wildman–Crippen MR) is 172 cm³/mol. The summed E-state index contributed by atoms with van der Waals surface area (Å²) < 4.78 is 21.8. The van der Waals surface area contributed by atoms with Crippen molar-refractivity contribution in [2.45, 2.75) is 39.7 Å². The van der Waals surface area contributed by atoms with Crippen LogP contribution in [0, 0.1) is 5.92 Å². The van der Waals surface area contributed by atoms with Gasteiger partial charge in [0.05, 0.1) is 77.7 Å². The van der Waals surface area contributed by atoms with Crippen LogP contribution in [0.2, 0.25) is 0 Å². The Morgan fingerprint density at radius 2 is 1.41 bits per heavy atom. The lowest BCUT2D eigenvalue weighted by Crippen LogP contribution is -2.34. The van der Waals surface area contributed by atoms with Crippen molar-refractivity contribution in [1.82, 2.24) is 15.2 Å². The van der Waals surface area contributed by atoms with Crippen LogP contribution in [-0.4, -0.2) is 86.9 Å². The second-order valence-electron chi connectivity index (χ2n) is 11.3. The van der Waals surface area contributed by atoms with Gasteiger partial charge in [-0.05, 0) is 23.8 Å². The summed E-state index contributed by atoms with van der Waals surface area (Å²) in [5.41, 5.74) is 5.28. The fourth-order valence-corrected chi connectivity index (χ4v) is 5.03. The number of amides is 2. The number of aromatic amines is 1. The van der Waals surface area contributed by atoms with Gasteiger partial charge in [0.15, 0.2) is 0 Å². The molecular formula is C34H46N5O7+. The molecular weight excluding hydrogens is 590 g/mol. The Hall–Kier alpha value is -3.97. The first kappa shape index (κ1) is 34.9. The molecule has 0 aliphatic carbocycles. The van der Waals surface area contributed by atoms with E-state index >= 15 is 0 Å². The zero-order chi connectivity index (χ0) is 32.7. The predicted octanol–water partition coefficient (Wildman–Crippen LogP) is 2.99. The molecule has 1 aliphatic heterocycles. The lowest BCUT2D eigenvalue weighted by molar-refractivity contribution is -0.481. The quantitative estimate of drug-likeness (QED) is 0.199. The first-order valence-corrected chi connectivity index (χ1v) is 15.9. The lowest BCUT2D eigenvalue weighted by atomic mass is 9.95. The van der Waals surface area contributed by atoms with E-state index in [9.17, 15) is 14.4 Å². The minimum atomic E-state index is -0.204. The van der Waals surface area contributed by atoms with Gasteiger partial charge in [-0.25, -0.2) is 0 Å². The highest BCUT2D eigenvalue weighted by Crippen LogP contribution is 2.39. The van der Waals surface area contributed by atoms with Crippen molar-refractivity contribution in [3.8, 4) is 22.5 Å². The summed E-state index contributed by atoms with van der Waals surface area (Å²) in [6, 6.07) is 15.7. The number of carbonyl (C=O) groups is 3. The molecule has 4 rings (SSSR count). The van der Waals surface area contributed by atoms with Gasteiger partial charge >= 0.3 is 0 Å². The van der Waals surface area contributed by atoms with Gasteiger partial charge in [-0.15, -0.1) is 0 Å². The number of para-hydroxylation sites is 1. The Kier molecular flexibility index (Phi) is 13.8. The van der Waals surface area contributed by atoms with Crippen LogP contribution < -0.4 is 15.3 Å². The molecule has 0 spiro atoms. The summed E-state index contributed by atoms with van der Waals surface area (Å²) in [6.07, 6.45) is 0.585. The van der Waals surface area contributed by atoms with Gasteiger partial charge in [0.2, 0.25) is 17.5 Å². The van der Waals surface area contributed by atoms with Crippen molar-refractivity contribution < 1.29 is 38.4 Å². The maximum Gasteiger partial charge on any atom is 0.257 e. The first-order valence-electron chi connectivity index (χ1n) is 15.9. The smallest absolute Gasteiger partial charge is 0.257 e. The largest absolute Gasteiger partial charge is 0.379 e. The molecule has 3 aromatic rings. The summed E-state index contributed by atoms with van der Waals surface area (Å²) >= 11 is 0. The molecule has 2 N–H and O–H groups in total. The molecule has 0 bridgehead atoms. The van der Waals surface area contributed by atoms with E-state index in [4.69, 9.17) is 18.9 Å². The molecule has 0 saturated carbocycles. The van der Waals surface area contributed by atoms with Crippen molar-refractivity contribution in [2.75, 3.05) is 64.3 Å². The highest BCUT2D eigenvalue weighted by Gasteiger charge is 2.31. The minimum absolute atomic E-state index is 0.0402. The number of Topliss-reactive ketones (excluding diaryl/α,β-unsaturated/α-hetero) is 1. The second-order valence-corrected chi connectivity index (χ2v) is 11.3. The zero-order valence-corrected chi connectivity index (χ0v) is 27.1. The second kappa shape index (κ2) is 18.2. The van der Waals surface area contributed by atoms with Gasteiger partial charge in [-0.3, -0.25) is 14.4 Å². The molecule has 46 heavy (non-hydrogen) atoms. The van der Waals surface area contributed by atoms with Gasteiger partial charge in [-0.2, -0.15) is 5.10 Å². The Balaban J connectivity index is 1.10. The summed E-state index contributed by atoms with van der Waals surface area (Å²) in [4.78, 5) is 41.0. The lowest BCUT2D eigenvalue weighted by Gasteiger charge is -2.27. The van der Waals surface area contributed by atoms with E-state index in [0.717, 1.165) is 33.8 Å². The average Bonchev–Trinajstić information content (AvgIpc) is 3.44. The molecule has 2 aromatic carbocycles. The Morgan fingerprint density at radius 3 is 2.11 bits per heavy atom. The van der Waals surface area contributed by atoms with E-state index in [-0.39, 0.29) is 36.4 Å². The van der Waals surface area contributed by atoms with Crippen LogP contribution in [0.15, 0.2) is 48.5 Å². The molecule has 0 fully saturated rings. The SMILES string of the molecule is CC(C)C(=O)CCOCCOCCOCCOCCNC(=O)CCC(=O)N1Cc2ccccc2-c2nn(C)[nH+]c2-c2ccccc21. The van der Waals surface area contributed by atoms with Crippen molar-refractivity contribution >= 4 is 23.3 Å². The summed E-state index contributed by atoms with van der Waals surface area (Å²) in [5, 5.41) is 10.8. The molecule has 1 aliphatic rings. The fraction of sp³-hybridized carbons (Fsp3) is 0.500. The van der Waals surface area contributed by atoms with Crippen LogP contribution in [0.3, 0.4) is 0 Å². The number of benzene rings is 2. The monoisotopic (exact) mass is 636 g/mol. The van der Waals surface area contributed by atoms with Crippen LogP contribution >= 0.6 is 0 Å². The number of ketones is 1. The minimum Gasteiger partial charge on any atom is -0.379 e. The molecule has 2 amide bonds. The number of hydrogen-bond acceptors (Lipinski definition) is 8. The van der Waals surface area contributed by atoms with Crippen molar-refractivity contribution in [2.24, 2.45) is 13.0 Å². The number of carbonyl (C=O) groups excluding carboxylic acids is 3. The van der Waals surface area contributed by atoms with Crippen LogP contribution in [-0.2, 0) is 46.9 Å². The number of H-pyrrole nitrogens is 1. The van der Waals surface area contributed by atoms with Crippen molar-refractivity contribution in [3.63, 3.8) is 0 Å². The maximum absolute atomic E-state index is 13.6. The Bertz CT molecular complexity index is 1440. The van der Waals surface area contributed by atoms with Crippen LogP contribution in [0.1, 0.15) is 38.7 Å². The average molecular weight is 637 g/mol. The molecule has 248 valence electrons. The molecule has 2 heterocycles. The molecule has 1 aromatic heterocycles. The number of ether oxygens (including phenoxy) is 4. The molecule has 12 heteroatoms. The summed E-state index contributed by atoms with van der Waals surface area (Å²) in [7, 11) is 1.84. The third kappa shape index (κ3) is 10.3. The maximum atomic E-state index is 13.6. The number of fused-ring (bicyclic) bond motifs is 5. The zero-order valence-electron chi connectivity index (χ0n) is 27.1. The topological polar surface area (TPSA) is 135 Å². The highest BCUT2D eigenvalue weighted by atomic mass is 16.6. The van der Waals surface area contributed by atoms with Crippen molar-refractivity contribution in [1.29, 1.82) is 0 Å². The third-order valence-corrected chi connectivity index (χ3v) is 7.51. The molecule has 0 unspecified atom stereocenters. The number of hydrogen-bond donors (Lipinski definition) is 1. The fourth-order valence-electron chi connectivity index (χ4n) is 5.03. The Morgan fingerprint density at radius 1 is 0.804 bits per heavy atom. The van der Waals surface area contributed by atoms with E-state index in [1.807, 2.05) is 69.4 Å². The van der Waals surface area contributed by atoms with Gasteiger partial charge in [0.1, 0.15) is 5.78 Å². The number of nitrogens with one attached hydrogen (secondary N) is 2. The highest BCUT2D eigenvalue weighted by molar-refractivity contribution is 6.00. The van der Waals surface area contributed by atoms with Gasteiger partial charge in [-0.1, -0.05) is 49.0 Å². The van der Waals surface area contributed by atoms with Crippen molar-refractivity contribution in [3.05, 3.63) is 54.1 Å². The van der Waals surface area contributed by atoms with Crippen LogP contribution in [0.25, 0.3) is 22.5 Å². The number of nitrogens with zero attached hydrogens (tertiary/aromatic N) is 3. The molecule has 0 atom stereocenters. The molecule has 0 saturated heterocycles. The number of anilines is 1. The van der Waals surface area contributed by atoms with E-state index in [0.29, 0.717) is 72.4 Å². The first-order chi connectivity index (χ1) is 22.3. The normalized spacial score (nSPS) is 12.2. The Labute approximate surface area is 270 Å². The standard InChI is InChI=1S/C34H45N5O7/c1-25(2)30(40)14-16-43-18-20-45-22-23-46-21-19-44-17-15-35-31(41)12-13-32(42)39-24-26-8-4-5-9-27(26)33-34(37-38(3)36-33)28-10-6-7-11-29(28)39/h4-11,25H,12-24H2,1-3H3,(H,35,41)/p+1. The third-order valence-electron chi connectivity index (χ3n) is 7.51. The van der Waals surface area contributed by atoms with Gasteiger partial charge in [0.25, 0.3) is 5.69 Å². The van der Waals surface area contributed by atoms with E-state index in [1.54, 1.807) is 9.70 Å². The van der Waals surface area contributed by atoms with E-state index in [2.05, 4.69) is 15.5 Å². The van der Waals surface area contributed by atoms with Gasteiger partial charge < -0.3 is 29.2 Å². The number of aromatic nitrogens is 3. The number of rotatable bonds is 19. The molecule has 12 nitrogen and oxygen atoms in total. The molecule has 0 radical (unpaired) electrons. The van der Waals surface area contributed by atoms with Gasteiger partial charge in [0, 0.05) is 42.4 Å². The van der Waals surface area contributed by atoms with E-state index < -0.39 is 0 Å². The van der Waals surface area contributed by atoms with E-state index in [1.165, 1.54) is 0 Å². The van der Waals surface area contributed by atoms with Crippen LogP contribution in [0.4, 0.5) is 5.69 Å². The summed E-state index contributed by atoms with van der Waals surface area (Å²) in [5.74, 6) is -0.0940.